The number of nitrogens with one attached hydrogen (secondary N) is 1. The van der Waals surface area contributed by atoms with Gasteiger partial charge in [-0.15, -0.1) is 0 Å². The fraction of sp³-hybridized carbons (Fsp3) is 0.250. The highest BCUT2D eigenvalue weighted by Gasteiger charge is 2.36. The Labute approximate surface area is 171 Å². The van der Waals surface area contributed by atoms with Crippen LogP contribution in [-0.4, -0.2) is 43.5 Å². The molecule has 0 saturated carbocycles. The molecule has 10 heteroatoms. The topological polar surface area (TPSA) is 128 Å². The van der Waals surface area contributed by atoms with Crippen LogP contribution in [-0.2, 0) is 14.3 Å². The van der Waals surface area contributed by atoms with Gasteiger partial charge in [0, 0.05) is 24.7 Å². The van der Waals surface area contributed by atoms with Gasteiger partial charge >= 0.3 is 5.97 Å². The monoisotopic (exact) mass is 413 g/mol. The van der Waals surface area contributed by atoms with Crippen molar-refractivity contribution in [1.29, 1.82) is 0 Å². The van der Waals surface area contributed by atoms with Crippen molar-refractivity contribution in [2.75, 3.05) is 31.0 Å². The number of nitrogens with zero attached hydrogens (tertiary/aromatic N) is 2. The van der Waals surface area contributed by atoms with Crippen molar-refractivity contribution >= 4 is 34.8 Å². The minimum absolute atomic E-state index is 0.00772. The van der Waals surface area contributed by atoms with Crippen molar-refractivity contribution in [2.45, 2.75) is 6.42 Å². The Bertz CT molecular complexity index is 1000. The van der Waals surface area contributed by atoms with Crippen LogP contribution in [0.15, 0.2) is 42.5 Å². The number of rotatable bonds is 6. The van der Waals surface area contributed by atoms with E-state index in [0.717, 1.165) is 0 Å². The Morgan fingerprint density at radius 2 is 1.87 bits per heavy atom. The largest absolute Gasteiger partial charge is 0.494 e. The van der Waals surface area contributed by atoms with Gasteiger partial charge in [-0.25, -0.2) is 4.79 Å². The number of hydrogen-bond donors (Lipinski definition) is 1. The van der Waals surface area contributed by atoms with Crippen molar-refractivity contribution < 1.29 is 28.8 Å². The quantitative estimate of drug-likeness (QED) is 0.437. The second-order valence-electron chi connectivity index (χ2n) is 6.58. The lowest BCUT2D eigenvalue weighted by molar-refractivity contribution is -0.384. The van der Waals surface area contributed by atoms with Gasteiger partial charge in [-0.3, -0.25) is 19.7 Å². The van der Waals surface area contributed by atoms with Crippen molar-refractivity contribution in [1.82, 2.24) is 0 Å². The molecule has 2 aromatic carbocycles. The number of anilines is 2. The van der Waals surface area contributed by atoms with Crippen molar-refractivity contribution in [3.05, 3.63) is 58.1 Å². The number of carbonyl (C=O) groups excluding carboxylic acids is 3. The first kappa shape index (κ1) is 20.8. The van der Waals surface area contributed by atoms with E-state index < -0.39 is 16.8 Å². The Balaban J connectivity index is 1.71. The SMILES string of the molecule is COC(=O)c1ccc(NC(=O)[C@@H]2CC(=O)N(c3ccc([N+](=O)[O-])cc3OC)C2)cc1. The lowest BCUT2D eigenvalue weighted by Gasteiger charge is -2.19. The Kier molecular flexibility index (Phi) is 5.95. The summed E-state index contributed by atoms with van der Waals surface area (Å²) in [4.78, 5) is 48.3. The van der Waals surface area contributed by atoms with Gasteiger partial charge < -0.3 is 19.7 Å². The molecule has 0 bridgehead atoms. The number of benzene rings is 2. The first-order valence-corrected chi connectivity index (χ1v) is 8.96. The number of ether oxygens (including phenoxy) is 2. The molecule has 1 aliphatic heterocycles. The number of amides is 2. The molecule has 0 unspecified atom stereocenters. The third kappa shape index (κ3) is 4.22. The maximum absolute atomic E-state index is 12.6. The van der Waals surface area contributed by atoms with E-state index >= 15 is 0 Å². The van der Waals surface area contributed by atoms with Gasteiger partial charge in [-0.1, -0.05) is 0 Å². The van der Waals surface area contributed by atoms with Gasteiger partial charge in [-0.05, 0) is 30.3 Å². The van der Waals surface area contributed by atoms with Gasteiger partial charge in [0.25, 0.3) is 5.69 Å². The lowest BCUT2D eigenvalue weighted by atomic mass is 10.1. The zero-order chi connectivity index (χ0) is 21.8. The molecular formula is C20H19N3O7. The summed E-state index contributed by atoms with van der Waals surface area (Å²) in [5.41, 5.74) is 1.03. The first-order valence-electron chi connectivity index (χ1n) is 8.96. The second-order valence-corrected chi connectivity index (χ2v) is 6.58. The van der Waals surface area contributed by atoms with E-state index in [0.29, 0.717) is 16.9 Å². The smallest absolute Gasteiger partial charge is 0.337 e. The summed E-state index contributed by atoms with van der Waals surface area (Å²) in [6.07, 6.45) is -0.00772. The van der Waals surface area contributed by atoms with E-state index in [1.54, 1.807) is 12.1 Å². The molecule has 30 heavy (non-hydrogen) atoms. The fourth-order valence-corrected chi connectivity index (χ4v) is 3.17. The standard InChI is InChI=1S/C20H19N3O7/c1-29-17-10-15(23(27)28)7-8-16(17)22-11-13(9-18(22)24)19(25)21-14-5-3-12(4-6-14)20(26)30-2/h3-8,10,13H,9,11H2,1-2H3,(H,21,25)/t13-/m1/s1. The van der Waals surface area contributed by atoms with E-state index in [-0.39, 0.29) is 36.2 Å². The van der Waals surface area contributed by atoms with E-state index in [4.69, 9.17) is 4.74 Å². The summed E-state index contributed by atoms with van der Waals surface area (Å²) >= 11 is 0. The number of hydrogen-bond acceptors (Lipinski definition) is 7. The summed E-state index contributed by atoms with van der Waals surface area (Å²) in [6, 6.07) is 10.1. The predicted molar refractivity (Wildman–Crippen MR) is 107 cm³/mol. The molecule has 0 spiro atoms. The number of methoxy groups -OCH3 is 2. The minimum atomic E-state index is -0.613. The third-order valence-electron chi connectivity index (χ3n) is 4.73. The molecule has 1 heterocycles. The Hall–Kier alpha value is -3.95. The average Bonchev–Trinajstić information content (AvgIpc) is 3.14. The van der Waals surface area contributed by atoms with Gasteiger partial charge in [0.1, 0.15) is 5.75 Å². The fourth-order valence-electron chi connectivity index (χ4n) is 3.17. The molecular weight excluding hydrogens is 394 g/mol. The maximum Gasteiger partial charge on any atom is 0.337 e. The van der Waals surface area contributed by atoms with Crippen LogP contribution in [0.3, 0.4) is 0 Å². The molecule has 1 fully saturated rings. The summed E-state index contributed by atoms with van der Waals surface area (Å²) < 4.78 is 9.82. The molecule has 1 aliphatic rings. The van der Waals surface area contributed by atoms with Crippen LogP contribution in [0.25, 0.3) is 0 Å². The van der Waals surface area contributed by atoms with Crippen LogP contribution in [0.5, 0.6) is 5.75 Å². The Morgan fingerprint density at radius 3 is 2.47 bits per heavy atom. The van der Waals surface area contributed by atoms with E-state index in [1.807, 2.05) is 0 Å². The van der Waals surface area contributed by atoms with Crippen LogP contribution in [0.1, 0.15) is 16.8 Å². The molecule has 0 aliphatic carbocycles. The van der Waals surface area contributed by atoms with Crippen LogP contribution in [0.2, 0.25) is 0 Å². The van der Waals surface area contributed by atoms with Gasteiger partial charge in [-0.2, -0.15) is 0 Å². The number of nitro benzene ring substituents is 1. The average molecular weight is 413 g/mol. The predicted octanol–water partition coefficient (Wildman–Crippen LogP) is 2.38. The molecule has 156 valence electrons. The molecule has 1 saturated heterocycles. The molecule has 1 atom stereocenters. The summed E-state index contributed by atoms with van der Waals surface area (Å²) in [5, 5.41) is 13.7. The molecule has 3 rings (SSSR count). The maximum atomic E-state index is 12.6. The summed E-state index contributed by atoms with van der Waals surface area (Å²) in [7, 11) is 2.63. The highest BCUT2D eigenvalue weighted by molar-refractivity contribution is 6.04. The highest BCUT2D eigenvalue weighted by atomic mass is 16.6. The number of esters is 1. The summed E-state index contributed by atoms with van der Waals surface area (Å²) in [5.74, 6) is -1.56. The van der Waals surface area contributed by atoms with Crippen LogP contribution < -0.4 is 15.0 Å². The molecule has 2 aromatic rings. The third-order valence-corrected chi connectivity index (χ3v) is 4.73. The number of non-ortho nitro benzene ring substituents is 1. The molecule has 1 N–H and O–H groups in total. The van der Waals surface area contributed by atoms with Gasteiger partial charge in [0.15, 0.2) is 0 Å². The van der Waals surface area contributed by atoms with Crippen molar-refractivity contribution in [3.63, 3.8) is 0 Å². The lowest BCUT2D eigenvalue weighted by Crippen LogP contribution is -2.28. The van der Waals surface area contributed by atoms with Gasteiger partial charge in [0.2, 0.25) is 11.8 Å². The van der Waals surface area contributed by atoms with Crippen molar-refractivity contribution in [3.8, 4) is 5.75 Å². The second kappa shape index (κ2) is 8.60. The van der Waals surface area contributed by atoms with Crippen LogP contribution >= 0.6 is 0 Å². The van der Waals surface area contributed by atoms with E-state index in [1.165, 1.54) is 49.5 Å². The molecule has 0 aromatic heterocycles. The van der Waals surface area contributed by atoms with Crippen molar-refractivity contribution in [2.24, 2.45) is 5.92 Å². The Morgan fingerprint density at radius 1 is 1.17 bits per heavy atom. The normalized spacial score (nSPS) is 15.6. The van der Waals surface area contributed by atoms with E-state index in [9.17, 15) is 24.5 Å². The molecule has 0 radical (unpaired) electrons. The molecule has 2 amide bonds. The summed E-state index contributed by atoms with van der Waals surface area (Å²) in [6.45, 7) is 0.110. The number of carbonyl (C=O) groups is 3. The van der Waals surface area contributed by atoms with Crippen LogP contribution in [0, 0.1) is 16.0 Å². The minimum Gasteiger partial charge on any atom is -0.494 e. The first-order chi connectivity index (χ1) is 14.3. The zero-order valence-electron chi connectivity index (χ0n) is 16.3. The van der Waals surface area contributed by atoms with Gasteiger partial charge in [0.05, 0.1) is 42.4 Å². The highest BCUT2D eigenvalue weighted by Crippen LogP contribution is 2.36. The van der Waals surface area contributed by atoms with E-state index in [2.05, 4.69) is 10.1 Å². The zero-order valence-corrected chi connectivity index (χ0v) is 16.3. The number of nitro groups is 1. The molecule has 10 nitrogen and oxygen atoms in total. The van der Waals surface area contributed by atoms with Crippen LogP contribution in [0.4, 0.5) is 17.1 Å².